The Kier molecular flexibility index (Phi) is 5.51. The quantitative estimate of drug-likeness (QED) is 0.582. The summed E-state index contributed by atoms with van der Waals surface area (Å²) in [4.78, 5) is 11.9. The molecule has 9 heteroatoms. The second-order valence-electron chi connectivity index (χ2n) is 6.76. The van der Waals surface area contributed by atoms with Crippen LogP contribution in [0.5, 0.6) is 0 Å². The molecule has 1 aliphatic carbocycles. The molecule has 0 spiro atoms. The van der Waals surface area contributed by atoms with E-state index in [2.05, 4.69) is 0 Å². The first kappa shape index (κ1) is 19.7. The van der Waals surface area contributed by atoms with E-state index in [1.807, 2.05) is 0 Å². The van der Waals surface area contributed by atoms with E-state index >= 15 is 0 Å². The first-order chi connectivity index (χ1) is 11.5. The van der Waals surface area contributed by atoms with Crippen LogP contribution in [0.2, 0.25) is 6.32 Å². The highest BCUT2D eigenvalue weighted by atomic mass is 19.4. The Bertz CT molecular complexity index is 653. The van der Waals surface area contributed by atoms with Gasteiger partial charge in [-0.1, -0.05) is 24.6 Å². The number of hydrogen-bond acceptors (Lipinski definition) is 4. The zero-order chi connectivity index (χ0) is 19.0. The molecule has 5 nitrogen and oxygen atoms in total. The van der Waals surface area contributed by atoms with Crippen LogP contribution in [0.3, 0.4) is 0 Å². The number of carboxylic acids is 1. The normalized spacial score (nSPS) is 24.0. The van der Waals surface area contributed by atoms with Gasteiger partial charge in [-0.25, -0.2) is 0 Å². The third kappa shape index (κ3) is 3.83. The second-order valence-corrected chi connectivity index (χ2v) is 6.76. The van der Waals surface area contributed by atoms with E-state index in [1.165, 1.54) is 25.1 Å². The molecule has 1 aromatic rings. The molecule has 0 unspecified atom stereocenters. The fraction of sp³-hybridized carbons (Fsp3) is 0.562. The van der Waals surface area contributed by atoms with Gasteiger partial charge in [0.05, 0.1) is 5.41 Å². The monoisotopic (exact) mass is 359 g/mol. The number of nitrogens with two attached hydrogens (primary N) is 1. The largest absolute Gasteiger partial charge is 0.481 e. The SMILES string of the molecule is C[C@@]1(C(=O)O)c2cc([C@@H](N)C(F)(F)F)ccc2C[C@@H]1CCCB(O)O. The van der Waals surface area contributed by atoms with Gasteiger partial charge in [0.25, 0.3) is 0 Å². The molecule has 5 N–H and O–H groups in total. The predicted octanol–water partition coefficient (Wildman–Crippen LogP) is 2.02. The number of aliphatic carboxylic acids is 1. The summed E-state index contributed by atoms with van der Waals surface area (Å²) in [5.41, 5.74) is 4.80. The van der Waals surface area contributed by atoms with Gasteiger partial charge in [0, 0.05) is 0 Å². The molecule has 25 heavy (non-hydrogen) atoms. The van der Waals surface area contributed by atoms with E-state index in [-0.39, 0.29) is 17.8 Å². The Morgan fingerprint density at radius 1 is 1.44 bits per heavy atom. The van der Waals surface area contributed by atoms with E-state index in [4.69, 9.17) is 15.8 Å². The number of benzene rings is 1. The van der Waals surface area contributed by atoms with Crippen LogP contribution in [0.4, 0.5) is 13.2 Å². The lowest BCUT2D eigenvalue weighted by Crippen LogP contribution is -2.37. The second kappa shape index (κ2) is 6.97. The lowest BCUT2D eigenvalue weighted by Gasteiger charge is -2.29. The average molecular weight is 359 g/mol. The van der Waals surface area contributed by atoms with E-state index in [0.717, 1.165) is 0 Å². The Morgan fingerprint density at radius 3 is 2.60 bits per heavy atom. The highest BCUT2D eigenvalue weighted by Gasteiger charge is 2.49. The molecule has 0 saturated heterocycles. The number of hydrogen-bond donors (Lipinski definition) is 4. The summed E-state index contributed by atoms with van der Waals surface area (Å²) in [6, 6.07) is 1.89. The number of alkyl halides is 3. The van der Waals surface area contributed by atoms with Crippen LogP contribution < -0.4 is 5.73 Å². The fourth-order valence-corrected chi connectivity index (χ4v) is 3.55. The highest BCUT2D eigenvalue weighted by Crippen LogP contribution is 2.47. The molecular weight excluding hydrogens is 338 g/mol. The van der Waals surface area contributed by atoms with Crippen molar-refractivity contribution in [3.63, 3.8) is 0 Å². The summed E-state index contributed by atoms with van der Waals surface area (Å²) < 4.78 is 38.6. The molecule has 2 rings (SSSR count). The van der Waals surface area contributed by atoms with Crippen molar-refractivity contribution in [2.45, 2.75) is 50.1 Å². The number of rotatable bonds is 6. The molecule has 138 valence electrons. The standard InChI is InChI=1S/C16H21BF3NO4/c1-15(14(22)23)11(3-2-6-17(24)25)7-9-4-5-10(8-12(9)15)13(21)16(18,19)20/h4-5,8,11,13,24-25H,2-3,6-7,21H2,1H3,(H,22,23)/t11-,13+,15-/m0/s1. The predicted molar refractivity (Wildman–Crippen MR) is 85.8 cm³/mol. The number of halogens is 3. The van der Waals surface area contributed by atoms with Crippen molar-refractivity contribution in [1.82, 2.24) is 0 Å². The maximum atomic E-state index is 12.9. The van der Waals surface area contributed by atoms with E-state index in [0.29, 0.717) is 30.4 Å². The number of carbonyl (C=O) groups is 1. The van der Waals surface area contributed by atoms with Crippen LogP contribution in [0.1, 0.15) is 42.5 Å². The van der Waals surface area contributed by atoms with Crippen LogP contribution >= 0.6 is 0 Å². The Hall–Kier alpha value is -1.58. The van der Waals surface area contributed by atoms with Gasteiger partial charge >= 0.3 is 19.3 Å². The van der Waals surface area contributed by atoms with E-state index in [9.17, 15) is 23.1 Å². The van der Waals surface area contributed by atoms with Crippen molar-refractivity contribution in [2.24, 2.45) is 11.7 Å². The molecule has 0 fully saturated rings. The van der Waals surface area contributed by atoms with Crippen LogP contribution in [0.25, 0.3) is 0 Å². The Morgan fingerprint density at radius 2 is 2.08 bits per heavy atom. The van der Waals surface area contributed by atoms with Gasteiger partial charge in [-0.2, -0.15) is 13.2 Å². The molecule has 1 aromatic carbocycles. The summed E-state index contributed by atoms with van der Waals surface area (Å²) in [5.74, 6) is -1.45. The van der Waals surface area contributed by atoms with Crippen molar-refractivity contribution in [3.8, 4) is 0 Å². The van der Waals surface area contributed by atoms with E-state index in [1.54, 1.807) is 0 Å². The molecule has 0 bridgehead atoms. The van der Waals surface area contributed by atoms with Crippen molar-refractivity contribution >= 4 is 13.1 Å². The van der Waals surface area contributed by atoms with Crippen molar-refractivity contribution in [2.75, 3.05) is 0 Å². The van der Waals surface area contributed by atoms with Gasteiger partial charge in [0.2, 0.25) is 0 Å². The molecule has 1 aliphatic rings. The topological polar surface area (TPSA) is 104 Å². The zero-order valence-corrected chi connectivity index (χ0v) is 13.8. The first-order valence-electron chi connectivity index (χ1n) is 8.03. The van der Waals surface area contributed by atoms with Gasteiger partial charge in [-0.05, 0) is 48.7 Å². The smallest absolute Gasteiger partial charge is 0.451 e. The van der Waals surface area contributed by atoms with Crippen LogP contribution in [-0.4, -0.2) is 34.4 Å². The van der Waals surface area contributed by atoms with Gasteiger partial charge in [0.1, 0.15) is 6.04 Å². The van der Waals surface area contributed by atoms with Crippen molar-refractivity contribution in [1.29, 1.82) is 0 Å². The molecule has 0 saturated carbocycles. The maximum Gasteiger partial charge on any atom is 0.451 e. The van der Waals surface area contributed by atoms with Crippen molar-refractivity contribution in [3.05, 3.63) is 34.9 Å². The minimum Gasteiger partial charge on any atom is -0.481 e. The lowest BCUT2D eigenvalue weighted by atomic mass is 9.72. The summed E-state index contributed by atoms with van der Waals surface area (Å²) in [7, 11) is -1.46. The summed E-state index contributed by atoms with van der Waals surface area (Å²) >= 11 is 0. The lowest BCUT2D eigenvalue weighted by molar-refractivity contribution is -0.149. The third-order valence-corrected chi connectivity index (χ3v) is 5.15. The maximum absolute atomic E-state index is 12.9. The highest BCUT2D eigenvalue weighted by molar-refractivity contribution is 6.40. The molecule has 0 aliphatic heterocycles. The van der Waals surface area contributed by atoms with Crippen LogP contribution in [0.15, 0.2) is 18.2 Å². The molecule has 3 atom stereocenters. The van der Waals surface area contributed by atoms with Gasteiger partial charge < -0.3 is 20.9 Å². The summed E-state index contributed by atoms with van der Waals surface area (Å²) in [6.45, 7) is 1.50. The van der Waals surface area contributed by atoms with Crippen molar-refractivity contribution < 1.29 is 33.1 Å². The summed E-state index contributed by atoms with van der Waals surface area (Å²) in [5, 5.41) is 27.6. The molecule has 0 aromatic heterocycles. The van der Waals surface area contributed by atoms with Gasteiger partial charge in [0.15, 0.2) is 0 Å². The number of fused-ring (bicyclic) bond motifs is 1. The Labute approximate surface area is 143 Å². The average Bonchev–Trinajstić information content (AvgIpc) is 2.79. The van der Waals surface area contributed by atoms with Crippen LogP contribution in [-0.2, 0) is 16.6 Å². The summed E-state index contributed by atoms with van der Waals surface area (Å²) in [6.07, 6.45) is -3.24. The van der Waals surface area contributed by atoms with Crippen LogP contribution in [0, 0.1) is 5.92 Å². The fourth-order valence-electron chi connectivity index (χ4n) is 3.55. The zero-order valence-electron chi connectivity index (χ0n) is 13.8. The van der Waals surface area contributed by atoms with Gasteiger partial charge in [-0.15, -0.1) is 0 Å². The third-order valence-electron chi connectivity index (χ3n) is 5.15. The minimum atomic E-state index is -4.61. The van der Waals surface area contributed by atoms with E-state index < -0.39 is 30.7 Å². The van der Waals surface area contributed by atoms with Gasteiger partial charge in [-0.3, -0.25) is 4.79 Å². The minimum absolute atomic E-state index is 0.118. The Balaban J connectivity index is 2.35. The first-order valence-corrected chi connectivity index (χ1v) is 8.03. The molecule has 0 radical (unpaired) electrons. The number of carboxylic acid groups (broad SMARTS) is 1. The molecule has 0 amide bonds. The molecule has 0 heterocycles. The molecular formula is C16H21BF3NO4.